The van der Waals surface area contributed by atoms with Crippen LogP contribution in [0.5, 0.6) is 0 Å². The summed E-state index contributed by atoms with van der Waals surface area (Å²) >= 11 is 7.51. The van der Waals surface area contributed by atoms with Gasteiger partial charge in [-0.05, 0) is 52.0 Å². The third-order valence-corrected chi connectivity index (χ3v) is 5.65. The summed E-state index contributed by atoms with van der Waals surface area (Å²) in [6, 6.07) is 2.74. The summed E-state index contributed by atoms with van der Waals surface area (Å²) in [5.74, 6) is 1.20. The summed E-state index contributed by atoms with van der Waals surface area (Å²) in [5.41, 5.74) is 0. The number of thiophene rings is 1. The molecule has 1 rings (SSSR count). The van der Waals surface area contributed by atoms with Gasteiger partial charge in [-0.15, -0.1) is 11.3 Å². The van der Waals surface area contributed by atoms with Crippen LogP contribution < -0.4 is 5.32 Å². The molecule has 0 spiro atoms. The van der Waals surface area contributed by atoms with E-state index in [1.54, 1.807) is 0 Å². The molecule has 1 heterocycles. The summed E-state index contributed by atoms with van der Waals surface area (Å²) in [5, 5.41) is 6.53. The molecule has 98 valence electrons. The first-order valence-electron chi connectivity index (χ1n) is 6.20. The van der Waals surface area contributed by atoms with Crippen LogP contribution in [0.3, 0.4) is 0 Å². The molecule has 1 aromatic heterocycles. The van der Waals surface area contributed by atoms with Gasteiger partial charge in [0.25, 0.3) is 0 Å². The lowest BCUT2D eigenvalue weighted by molar-refractivity contribution is 0.552. The largest absolute Gasteiger partial charge is 0.313 e. The maximum atomic E-state index is 3.66. The van der Waals surface area contributed by atoms with E-state index in [1.807, 2.05) is 23.1 Å². The molecule has 0 bridgehead atoms. The average molecular weight is 336 g/mol. The lowest BCUT2D eigenvalue weighted by atomic mass is 10.2. The summed E-state index contributed by atoms with van der Waals surface area (Å²) < 4.78 is 1.26. The summed E-state index contributed by atoms with van der Waals surface area (Å²) in [6.45, 7) is 7.87. The molecule has 0 amide bonds. The average Bonchev–Trinajstić information content (AvgIpc) is 2.68. The number of halogens is 1. The molecule has 0 aromatic carbocycles. The Balaban J connectivity index is 2.47. The fourth-order valence-corrected chi connectivity index (χ4v) is 3.99. The van der Waals surface area contributed by atoms with Crippen LogP contribution in [0.4, 0.5) is 0 Å². The van der Waals surface area contributed by atoms with Crippen molar-refractivity contribution in [1.82, 2.24) is 5.32 Å². The van der Waals surface area contributed by atoms with Crippen LogP contribution in [-0.2, 0) is 6.42 Å². The molecule has 1 atom stereocenters. The monoisotopic (exact) mass is 335 g/mol. The van der Waals surface area contributed by atoms with Gasteiger partial charge in [-0.1, -0.05) is 20.8 Å². The molecule has 0 aliphatic rings. The quantitative estimate of drug-likeness (QED) is 0.747. The lowest BCUT2D eigenvalue weighted by Crippen LogP contribution is -2.34. The first-order chi connectivity index (χ1) is 8.13. The third kappa shape index (κ3) is 6.27. The van der Waals surface area contributed by atoms with E-state index in [9.17, 15) is 0 Å². The highest BCUT2D eigenvalue weighted by molar-refractivity contribution is 9.10. The normalized spacial score (nSPS) is 13.2. The molecule has 4 heteroatoms. The summed E-state index contributed by atoms with van der Waals surface area (Å²) in [4.78, 5) is 1.46. The summed E-state index contributed by atoms with van der Waals surface area (Å²) in [7, 11) is 0. The number of thioether (sulfide) groups is 1. The van der Waals surface area contributed by atoms with Crippen LogP contribution in [0, 0.1) is 0 Å². The van der Waals surface area contributed by atoms with Crippen molar-refractivity contribution < 1.29 is 0 Å². The van der Waals surface area contributed by atoms with Crippen LogP contribution in [0.2, 0.25) is 0 Å². The minimum Gasteiger partial charge on any atom is -0.313 e. The molecule has 0 fully saturated rings. The van der Waals surface area contributed by atoms with Crippen LogP contribution in [0.15, 0.2) is 15.9 Å². The zero-order chi connectivity index (χ0) is 12.7. The lowest BCUT2D eigenvalue weighted by Gasteiger charge is -2.19. The van der Waals surface area contributed by atoms with E-state index >= 15 is 0 Å². The predicted molar refractivity (Wildman–Crippen MR) is 85.4 cm³/mol. The molecule has 1 nitrogen and oxygen atoms in total. The van der Waals surface area contributed by atoms with Crippen LogP contribution >= 0.6 is 39.0 Å². The van der Waals surface area contributed by atoms with E-state index < -0.39 is 0 Å². The van der Waals surface area contributed by atoms with E-state index in [2.05, 4.69) is 53.5 Å². The van der Waals surface area contributed by atoms with Gasteiger partial charge < -0.3 is 5.32 Å². The standard InChI is InChI=1S/C13H22BrNS2/c1-4-6-15-11(9-17-10(2)3)8-13-12(14)5-7-16-13/h5,7,10-11,15H,4,6,8-9H2,1-3H3. The van der Waals surface area contributed by atoms with E-state index in [0.29, 0.717) is 11.3 Å². The van der Waals surface area contributed by atoms with Crippen LogP contribution in [0.25, 0.3) is 0 Å². The van der Waals surface area contributed by atoms with Crippen molar-refractivity contribution >= 4 is 39.0 Å². The Bertz CT molecular complexity index is 312. The van der Waals surface area contributed by atoms with Crippen LogP contribution in [-0.4, -0.2) is 23.6 Å². The van der Waals surface area contributed by atoms with Crippen molar-refractivity contribution in [3.05, 3.63) is 20.8 Å². The fourth-order valence-electron chi connectivity index (χ4n) is 1.54. The number of rotatable bonds is 8. The van der Waals surface area contributed by atoms with Gasteiger partial charge in [0.05, 0.1) is 0 Å². The van der Waals surface area contributed by atoms with Gasteiger partial charge in [0.2, 0.25) is 0 Å². The second-order valence-electron chi connectivity index (χ2n) is 4.43. The minimum absolute atomic E-state index is 0.595. The zero-order valence-corrected chi connectivity index (χ0v) is 14.1. The number of hydrogen-bond donors (Lipinski definition) is 1. The Morgan fingerprint density at radius 3 is 2.76 bits per heavy atom. The van der Waals surface area contributed by atoms with E-state index in [0.717, 1.165) is 13.0 Å². The Hall–Kier alpha value is 0.490. The number of nitrogens with one attached hydrogen (secondary N) is 1. The Morgan fingerprint density at radius 2 is 2.24 bits per heavy atom. The minimum atomic E-state index is 0.595. The molecule has 0 aliphatic carbocycles. The maximum Gasteiger partial charge on any atom is 0.0314 e. The molecule has 0 saturated heterocycles. The molecule has 0 aliphatic heterocycles. The van der Waals surface area contributed by atoms with Crippen molar-refractivity contribution in [1.29, 1.82) is 0 Å². The molecule has 0 saturated carbocycles. The summed E-state index contributed by atoms with van der Waals surface area (Å²) in [6.07, 6.45) is 2.34. The first kappa shape index (κ1) is 15.5. The molecular formula is C13H22BrNS2. The van der Waals surface area contributed by atoms with Gasteiger partial charge in [-0.25, -0.2) is 0 Å². The van der Waals surface area contributed by atoms with Gasteiger partial charge in [-0.2, -0.15) is 11.8 Å². The van der Waals surface area contributed by atoms with Crippen molar-refractivity contribution in [2.45, 2.75) is 44.9 Å². The van der Waals surface area contributed by atoms with Gasteiger partial charge in [0.1, 0.15) is 0 Å². The smallest absolute Gasteiger partial charge is 0.0314 e. The fraction of sp³-hybridized carbons (Fsp3) is 0.692. The highest BCUT2D eigenvalue weighted by Crippen LogP contribution is 2.25. The van der Waals surface area contributed by atoms with Gasteiger partial charge in [0.15, 0.2) is 0 Å². The van der Waals surface area contributed by atoms with Crippen molar-refractivity contribution in [3.8, 4) is 0 Å². The van der Waals surface area contributed by atoms with Crippen molar-refractivity contribution in [3.63, 3.8) is 0 Å². The van der Waals surface area contributed by atoms with Crippen LogP contribution in [0.1, 0.15) is 32.1 Å². The highest BCUT2D eigenvalue weighted by Gasteiger charge is 2.12. The molecule has 1 N–H and O–H groups in total. The molecule has 0 radical (unpaired) electrons. The Kier molecular flexibility index (Phi) is 7.84. The van der Waals surface area contributed by atoms with Crippen molar-refractivity contribution in [2.75, 3.05) is 12.3 Å². The second-order valence-corrected chi connectivity index (χ2v) is 7.89. The number of hydrogen-bond acceptors (Lipinski definition) is 3. The topological polar surface area (TPSA) is 12.0 Å². The molecular weight excluding hydrogens is 314 g/mol. The molecule has 1 unspecified atom stereocenters. The Morgan fingerprint density at radius 1 is 1.47 bits per heavy atom. The first-order valence-corrected chi connectivity index (χ1v) is 8.92. The van der Waals surface area contributed by atoms with Gasteiger partial charge in [0, 0.05) is 21.1 Å². The van der Waals surface area contributed by atoms with Crippen molar-refractivity contribution in [2.24, 2.45) is 0 Å². The van der Waals surface area contributed by atoms with Gasteiger partial charge >= 0.3 is 0 Å². The highest BCUT2D eigenvalue weighted by atomic mass is 79.9. The SMILES string of the molecule is CCCNC(CSC(C)C)Cc1sccc1Br. The predicted octanol–water partition coefficient (Wildman–Crippen LogP) is 4.56. The van der Waals surface area contributed by atoms with E-state index in [1.165, 1.54) is 21.5 Å². The second kappa shape index (κ2) is 8.57. The Labute approximate surface area is 122 Å². The maximum absolute atomic E-state index is 3.66. The molecule has 1 aromatic rings. The van der Waals surface area contributed by atoms with Gasteiger partial charge in [-0.3, -0.25) is 0 Å². The third-order valence-electron chi connectivity index (χ3n) is 2.44. The van der Waals surface area contributed by atoms with E-state index in [4.69, 9.17) is 0 Å². The zero-order valence-electron chi connectivity index (χ0n) is 10.8. The molecule has 17 heavy (non-hydrogen) atoms. The van der Waals surface area contributed by atoms with E-state index in [-0.39, 0.29) is 0 Å².